The second kappa shape index (κ2) is 8.57. The Morgan fingerprint density at radius 1 is 1.12 bits per heavy atom. The standard InChI is InChI=1S/C18H21ClN2O3/c1-21(11-13-5-4-6-16(23-2)18(13)24-3)12-17(22)20-15-9-7-14(19)8-10-15/h4-10H,11-12H2,1-3H3,(H,20,22)/p+1. The Balaban J connectivity index is 1.96. The van der Waals surface area contributed by atoms with Gasteiger partial charge in [-0.15, -0.1) is 0 Å². The van der Waals surface area contributed by atoms with Gasteiger partial charge in [0.2, 0.25) is 0 Å². The lowest BCUT2D eigenvalue weighted by Gasteiger charge is -2.17. The van der Waals surface area contributed by atoms with Gasteiger partial charge in [-0.2, -0.15) is 0 Å². The Kier molecular flexibility index (Phi) is 6.46. The van der Waals surface area contributed by atoms with Gasteiger partial charge in [-0.3, -0.25) is 4.79 Å². The molecule has 0 bridgehead atoms. The Morgan fingerprint density at radius 3 is 2.46 bits per heavy atom. The molecule has 5 nitrogen and oxygen atoms in total. The summed E-state index contributed by atoms with van der Waals surface area (Å²) >= 11 is 5.84. The Morgan fingerprint density at radius 2 is 1.83 bits per heavy atom. The number of quaternary nitrogens is 1. The predicted octanol–water partition coefficient (Wildman–Crippen LogP) is 2.01. The van der Waals surface area contributed by atoms with Crippen molar-refractivity contribution in [3.63, 3.8) is 0 Å². The van der Waals surface area contributed by atoms with E-state index < -0.39 is 0 Å². The van der Waals surface area contributed by atoms with Crippen LogP contribution in [0.5, 0.6) is 11.5 Å². The van der Waals surface area contributed by atoms with Crippen LogP contribution in [0.3, 0.4) is 0 Å². The van der Waals surface area contributed by atoms with E-state index in [1.807, 2.05) is 25.2 Å². The highest BCUT2D eigenvalue weighted by molar-refractivity contribution is 6.30. The highest BCUT2D eigenvalue weighted by atomic mass is 35.5. The van der Waals surface area contributed by atoms with Crippen molar-refractivity contribution in [2.24, 2.45) is 0 Å². The molecular weight excluding hydrogens is 328 g/mol. The Bertz CT molecular complexity index is 689. The molecule has 0 aliphatic rings. The number of carbonyl (C=O) groups excluding carboxylic acids is 1. The number of ether oxygens (including phenoxy) is 2. The van der Waals surface area contributed by atoms with Crippen LogP contribution in [0.15, 0.2) is 42.5 Å². The molecule has 1 amide bonds. The fraction of sp³-hybridized carbons (Fsp3) is 0.278. The van der Waals surface area contributed by atoms with Crippen molar-refractivity contribution in [3.05, 3.63) is 53.1 Å². The van der Waals surface area contributed by atoms with Gasteiger partial charge in [-0.25, -0.2) is 0 Å². The zero-order valence-corrected chi connectivity index (χ0v) is 14.8. The van der Waals surface area contributed by atoms with Gasteiger partial charge >= 0.3 is 0 Å². The highest BCUT2D eigenvalue weighted by Gasteiger charge is 2.16. The molecule has 0 heterocycles. The van der Waals surface area contributed by atoms with E-state index in [2.05, 4.69) is 5.32 Å². The van der Waals surface area contributed by atoms with Gasteiger partial charge in [0.05, 0.1) is 26.8 Å². The molecule has 0 aromatic heterocycles. The van der Waals surface area contributed by atoms with E-state index in [1.54, 1.807) is 38.5 Å². The van der Waals surface area contributed by atoms with Crippen LogP contribution in [0.25, 0.3) is 0 Å². The molecule has 2 rings (SSSR count). The van der Waals surface area contributed by atoms with Crippen molar-refractivity contribution in [2.45, 2.75) is 6.54 Å². The zero-order chi connectivity index (χ0) is 17.5. The maximum Gasteiger partial charge on any atom is 0.279 e. The van der Waals surface area contributed by atoms with Crippen LogP contribution < -0.4 is 19.7 Å². The molecule has 0 saturated carbocycles. The third-order valence-corrected chi connectivity index (χ3v) is 3.82. The Hall–Kier alpha value is -2.24. The van der Waals surface area contributed by atoms with Crippen LogP contribution in [-0.2, 0) is 11.3 Å². The number of nitrogens with one attached hydrogen (secondary N) is 2. The molecule has 0 saturated heterocycles. The lowest BCUT2D eigenvalue weighted by Crippen LogP contribution is -3.08. The smallest absolute Gasteiger partial charge is 0.279 e. The van der Waals surface area contributed by atoms with E-state index in [0.717, 1.165) is 16.2 Å². The van der Waals surface area contributed by atoms with Gasteiger partial charge in [0, 0.05) is 10.7 Å². The third-order valence-electron chi connectivity index (χ3n) is 3.57. The molecular formula is C18H22ClN2O3+. The van der Waals surface area contributed by atoms with E-state index in [-0.39, 0.29) is 5.91 Å². The summed E-state index contributed by atoms with van der Waals surface area (Å²) in [5, 5.41) is 3.50. The molecule has 1 unspecified atom stereocenters. The molecule has 2 aromatic rings. The lowest BCUT2D eigenvalue weighted by atomic mass is 10.1. The first-order valence-corrected chi connectivity index (χ1v) is 7.98. The molecule has 6 heteroatoms. The van der Waals surface area contributed by atoms with Crippen molar-refractivity contribution in [1.29, 1.82) is 0 Å². The van der Waals surface area contributed by atoms with Gasteiger partial charge in [0.25, 0.3) is 5.91 Å². The topological polar surface area (TPSA) is 52.0 Å². The molecule has 0 radical (unpaired) electrons. The van der Waals surface area contributed by atoms with Crippen molar-refractivity contribution < 1.29 is 19.2 Å². The monoisotopic (exact) mass is 349 g/mol. The summed E-state index contributed by atoms with van der Waals surface area (Å²) in [6.45, 7) is 0.984. The maximum absolute atomic E-state index is 12.2. The van der Waals surface area contributed by atoms with Gasteiger partial charge in [0.1, 0.15) is 6.54 Å². The van der Waals surface area contributed by atoms with Crippen LogP contribution in [0.2, 0.25) is 5.02 Å². The van der Waals surface area contributed by atoms with E-state index in [9.17, 15) is 4.79 Å². The second-order valence-corrected chi connectivity index (χ2v) is 5.95. The van der Waals surface area contributed by atoms with Gasteiger partial charge in [-0.1, -0.05) is 17.7 Å². The van der Waals surface area contributed by atoms with Crippen molar-refractivity contribution in [2.75, 3.05) is 33.1 Å². The number of methoxy groups -OCH3 is 2. The summed E-state index contributed by atoms with van der Waals surface area (Å²) in [6, 6.07) is 12.8. The molecule has 1 atom stereocenters. The molecule has 128 valence electrons. The molecule has 0 aliphatic heterocycles. The summed E-state index contributed by atoms with van der Waals surface area (Å²) in [7, 11) is 5.18. The second-order valence-electron chi connectivity index (χ2n) is 5.52. The maximum atomic E-state index is 12.2. The SMILES string of the molecule is COc1cccc(C[NH+](C)CC(=O)Nc2ccc(Cl)cc2)c1OC. The minimum absolute atomic E-state index is 0.0586. The summed E-state index contributed by atoms with van der Waals surface area (Å²) in [5.74, 6) is 1.34. The first-order chi connectivity index (χ1) is 11.5. The van der Waals surface area contributed by atoms with E-state index in [4.69, 9.17) is 21.1 Å². The largest absolute Gasteiger partial charge is 0.493 e. The number of benzene rings is 2. The van der Waals surface area contributed by atoms with Crippen LogP contribution in [0.1, 0.15) is 5.56 Å². The van der Waals surface area contributed by atoms with Gasteiger partial charge in [0.15, 0.2) is 18.0 Å². The van der Waals surface area contributed by atoms with E-state index in [1.165, 1.54) is 0 Å². The molecule has 2 N–H and O–H groups in total. The minimum Gasteiger partial charge on any atom is -0.493 e. The molecule has 0 spiro atoms. The van der Waals surface area contributed by atoms with Crippen molar-refractivity contribution in [1.82, 2.24) is 0 Å². The quantitative estimate of drug-likeness (QED) is 0.804. The summed E-state index contributed by atoms with van der Waals surface area (Å²) < 4.78 is 10.7. The fourth-order valence-corrected chi connectivity index (χ4v) is 2.62. The number of hydrogen-bond acceptors (Lipinski definition) is 3. The number of rotatable bonds is 7. The average Bonchev–Trinajstić information content (AvgIpc) is 2.56. The normalized spacial score (nSPS) is 11.7. The van der Waals surface area contributed by atoms with Crippen LogP contribution in [-0.4, -0.2) is 33.7 Å². The number of carbonyl (C=O) groups is 1. The molecule has 2 aromatic carbocycles. The fourth-order valence-electron chi connectivity index (χ4n) is 2.49. The van der Waals surface area contributed by atoms with Gasteiger partial charge in [-0.05, 0) is 36.4 Å². The summed E-state index contributed by atoms with van der Waals surface area (Å²) in [5.41, 5.74) is 1.73. The summed E-state index contributed by atoms with van der Waals surface area (Å²) in [6.07, 6.45) is 0. The lowest BCUT2D eigenvalue weighted by molar-refractivity contribution is -0.885. The molecule has 0 aliphatic carbocycles. The van der Waals surface area contributed by atoms with Crippen LogP contribution in [0, 0.1) is 0 Å². The number of hydrogen-bond donors (Lipinski definition) is 2. The zero-order valence-electron chi connectivity index (χ0n) is 14.1. The third kappa shape index (κ3) is 4.88. The van der Waals surface area contributed by atoms with Gasteiger partial charge < -0.3 is 19.7 Å². The van der Waals surface area contributed by atoms with Crippen LogP contribution in [0.4, 0.5) is 5.69 Å². The number of halogens is 1. The minimum atomic E-state index is -0.0586. The predicted molar refractivity (Wildman–Crippen MR) is 95.1 cm³/mol. The molecule has 0 fully saturated rings. The van der Waals surface area contributed by atoms with Crippen molar-refractivity contribution in [3.8, 4) is 11.5 Å². The number of para-hydroxylation sites is 1. The van der Waals surface area contributed by atoms with Crippen molar-refractivity contribution >= 4 is 23.2 Å². The highest BCUT2D eigenvalue weighted by Crippen LogP contribution is 2.29. The number of anilines is 1. The van der Waals surface area contributed by atoms with E-state index >= 15 is 0 Å². The first-order valence-electron chi connectivity index (χ1n) is 7.60. The molecule has 24 heavy (non-hydrogen) atoms. The summed E-state index contributed by atoms with van der Waals surface area (Å²) in [4.78, 5) is 13.2. The average molecular weight is 350 g/mol. The number of likely N-dealkylation sites (N-methyl/N-ethyl adjacent to an activating group) is 1. The first kappa shape index (κ1) is 18.1. The number of amides is 1. The van der Waals surface area contributed by atoms with E-state index in [0.29, 0.717) is 29.6 Å². The van der Waals surface area contributed by atoms with Crippen LogP contribution >= 0.6 is 11.6 Å². The Labute approximate surface area is 147 Å².